The molecule has 1 atom stereocenters. The van der Waals surface area contributed by atoms with Crippen LogP contribution in [0.3, 0.4) is 0 Å². The summed E-state index contributed by atoms with van der Waals surface area (Å²) in [7, 11) is 0. The normalized spacial score (nSPS) is 19.2. The highest BCUT2D eigenvalue weighted by atomic mass is 127. The number of nitrogens with zero attached hydrogens (tertiary/aromatic N) is 2. The van der Waals surface area contributed by atoms with Crippen LogP contribution in [-0.4, -0.2) is 60.7 Å². The number of guanidine groups is 1. The molecule has 1 fully saturated rings. The van der Waals surface area contributed by atoms with Crippen LogP contribution in [0.5, 0.6) is 0 Å². The zero-order valence-electron chi connectivity index (χ0n) is 13.5. The Labute approximate surface area is 144 Å². The van der Waals surface area contributed by atoms with Gasteiger partial charge in [-0.15, -0.1) is 24.0 Å². The van der Waals surface area contributed by atoms with Crippen LogP contribution in [0.1, 0.15) is 34.1 Å². The Morgan fingerprint density at radius 3 is 2.43 bits per heavy atom. The summed E-state index contributed by atoms with van der Waals surface area (Å²) in [6.45, 7) is 10.9. The third-order valence-corrected chi connectivity index (χ3v) is 3.37. The lowest BCUT2D eigenvalue weighted by atomic mass is 9.92. The van der Waals surface area contributed by atoms with Crippen LogP contribution in [0.25, 0.3) is 0 Å². The van der Waals surface area contributed by atoms with Crippen molar-refractivity contribution < 1.29 is 9.90 Å². The Balaban J connectivity index is 0.00000400. The molecule has 1 aliphatic heterocycles. The number of carbonyl (C=O) groups excluding carboxylic acids is 1. The SMILES string of the molecule is CCNC(=O)C(C)(C)CN=C(NCC)N1CC[C@@H](O)C1.I. The average Bonchev–Trinajstić information content (AvgIpc) is 2.81. The zero-order valence-corrected chi connectivity index (χ0v) is 15.8. The van der Waals surface area contributed by atoms with Crippen molar-refractivity contribution in [1.82, 2.24) is 15.5 Å². The van der Waals surface area contributed by atoms with Gasteiger partial charge in [-0.2, -0.15) is 0 Å². The van der Waals surface area contributed by atoms with Crippen LogP contribution in [0.2, 0.25) is 0 Å². The van der Waals surface area contributed by atoms with Crippen LogP contribution in [-0.2, 0) is 4.79 Å². The van der Waals surface area contributed by atoms with E-state index in [2.05, 4.69) is 15.6 Å². The first-order valence-corrected chi connectivity index (χ1v) is 7.40. The van der Waals surface area contributed by atoms with Crippen molar-refractivity contribution in [2.75, 3.05) is 32.7 Å². The molecule has 7 heteroatoms. The van der Waals surface area contributed by atoms with Gasteiger partial charge in [0, 0.05) is 26.2 Å². The quantitative estimate of drug-likeness (QED) is 0.355. The van der Waals surface area contributed by atoms with Crippen molar-refractivity contribution in [2.45, 2.75) is 40.2 Å². The molecule has 1 heterocycles. The van der Waals surface area contributed by atoms with E-state index in [1.54, 1.807) is 0 Å². The maximum atomic E-state index is 12.0. The van der Waals surface area contributed by atoms with E-state index >= 15 is 0 Å². The summed E-state index contributed by atoms with van der Waals surface area (Å²) in [6.07, 6.45) is 0.486. The fraction of sp³-hybridized carbons (Fsp3) is 0.857. The third kappa shape index (κ3) is 6.37. The minimum Gasteiger partial charge on any atom is -0.391 e. The van der Waals surface area contributed by atoms with Crippen LogP contribution < -0.4 is 10.6 Å². The molecule has 1 saturated heterocycles. The van der Waals surface area contributed by atoms with E-state index in [1.807, 2.05) is 32.6 Å². The van der Waals surface area contributed by atoms with Crippen LogP contribution in [0, 0.1) is 5.41 Å². The minimum atomic E-state index is -0.533. The number of aliphatic hydroxyl groups is 1. The first kappa shape index (κ1) is 20.4. The summed E-state index contributed by atoms with van der Waals surface area (Å²) in [5.41, 5.74) is -0.533. The van der Waals surface area contributed by atoms with Gasteiger partial charge in [0.15, 0.2) is 5.96 Å². The van der Waals surface area contributed by atoms with Gasteiger partial charge in [-0.3, -0.25) is 9.79 Å². The molecule has 0 unspecified atom stereocenters. The fourth-order valence-electron chi connectivity index (χ4n) is 2.10. The molecule has 21 heavy (non-hydrogen) atoms. The molecule has 0 aromatic heterocycles. The lowest BCUT2D eigenvalue weighted by molar-refractivity contribution is -0.128. The van der Waals surface area contributed by atoms with Gasteiger partial charge >= 0.3 is 0 Å². The van der Waals surface area contributed by atoms with Gasteiger partial charge in [0.1, 0.15) is 0 Å². The number of carbonyl (C=O) groups is 1. The second-order valence-electron chi connectivity index (χ2n) is 5.80. The lowest BCUT2D eigenvalue weighted by Gasteiger charge is -2.25. The lowest BCUT2D eigenvalue weighted by Crippen LogP contribution is -2.43. The summed E-state index contributed by atoms with van der Waals surface area (Å²) in [5.74, 6) is 0.794. The number of β-amino-alcohol motifs (C(OH)–C–C–N with tert-alkyl or cyclic N) is 1. The van der Waals surface area contributed by atoms with Crippen molar-refractivity contribution in [3.8, 4) is 0 Å². The van der Waals surface area contributed by atoms with Crippen molar-refractivity contribution >= 4 is 35.8 Å². The molecule has 0 aliphatic carbocycles. The summed E-state index contributed by atoms with van der Waals surface area (Å²) in [5, 5.41) is 15.7. The number of likely N-dealkylation sites (tertiary alicyclic amines) is 1. The molecular formula is C14H29IN4O2. The second kappa shape index (κ2) is 9.45. The van der Waals surface area contributed by atoms with E-state index in [9.17, 15) is 9.90 Å². The zero-order chi connectivity index (χ0) is 15.2. The number of aliphatic imine (C=N–C) groups is 1. The number of hydrogen-bond donors (Lipinski definition) is 3. The highest BCUT2D eigenvalue weighted by Crippen LogP contribution is 2.16. The highest BCUT2D eigenvalue weighted by molar-refractivity contribution is 14.0. The standard InChI is InChI=1S/C14H28N4O2.HI/c1-5-15-12(20)14(3,4)10-17-13(16-6-2)18-8-7-11(19)9-18;/h11,19H,5-10H2,1-4H3,(H,15,20)(H,16,17);1H/t11-;/m1./s1. The molecule has 0 bridgehead atoms. The molecular weight excluding hydrogens is 383 g/mol. The van der Waals surface area contributed by atoms with Crippen LogP contribution in [0.15, 0.2) is 4.99 Å². The second-order valence-corrected chi connectivity index (χ2v) is 5.80. The molecule has 1 aliphatic rings. The predicted octanol–water partition coefficient (Wildman–Crippen LogP) is 0.799. The topological polar surface area (TPSA) is 77.0 Å². The van der Waals surface area contributed by atoms with Crippen molar-refractivity contribution in [1.29, 1.82) is 0 Å². The van der Waals surface area contributed by atoms with Gasteiger partial charge in [0.25, 0.3) is 0 Å². The van der Waals surface area contributed by atoms with E-state index in [0.29, 0.717) is 19.6 Å². The van der Waals surface area contributed by atoms with E-state index in [-0.39, 0.29) is 36.0 Å². The number of amides is 1. The number of halogens is 1. The maximum absolute atomic E-state index is 12.0. The van der Waals surface area contributed by atoms with Crippen molar-refractivity contribution in [2.24, 2.45) is 10.4 Å². The molecule has 6 nitrogen and oxygen atoms in total. The Morgan fingerprint density at radius 1 is 1.33 bits per heavy atom. The van der Waals surface area contributed by atoms with Crippen molar-refractivity contribution in [3.05, 3.63) is 0 Å². The Morgan fingerprint density at radius 2 is 1.95 bits per heavy atom. The Kier molecular flexibility index (Phi) is 9.19. The van der Waals surface area contributed by atoms with E-state index in [4.69, 9.17) is 0 Å². The number of hydrogen-bond acceptors (Lipinski definition) is 3. The molecule has 0 saturated carbocycles. The average molecular weight is 412 g/mol. The highest BCUT2D eigenvalue weighted by Gasteiger charge is 2.28. The largest absolute Gasteiger partial charge is 0.391 e. The maximum Gasteiger partial charge on any atom is 0.227 e. The smallest absolute Gasteiger partial charge is 0.227 e. The van der Waals surface area contributed by atoms with E-state index < -0.39 is 5.41 Å². The Hall–Kier alpha value is -0.570. The van der Waals surface area contributed by atoms with Gasteiger partial charge in [-0.1, -0.05) is 0 Å². The molecule has 0 aromatic rings. The van der Waals surface area contributed by atoms with E-state index in [0.717, 1.165) is 25.5 Å². The monoisotopic (exact) mass is 412 g/mol. The summed E-state index contributed by atoms with van der Waals surface area (Å²) >= 11 is 0. The number of nitrogens with one attached hydrogen (secondary N) is 2. The summed E-state index contributed by atoms with van der Waals surface area (Å²) < 4.78 is 0. The number of rotatable bonds is 5. The minimum absolute atomic E-state index is 0. The number of aliphatic hydroxyl groups excluding tert-OH is 1. The molecule has 0 aromatic carbocycles. The molecule has 124 valence electrons. The van der Waals surface area contributed by atoms with Gasteiger partial charge < -0.3 is 20.6 Å². The third-order valence-electron chi connectivity index (χ3n) is 3.37. The van der Waals surface area contributed by atoms with Gasteiger partial charge in [0.05, 0.1) is 18.1 Å². The van der Waals surface area contributed by atoms with Crippen LogP contribution >= 0.6 is 24.0 Å². The Bertz CT molecular complexity index is 361. The van der Waals surface area contributed by atoms with Crippen LogP contribution in [0.4, 0.5) is 0 Å². The first-order valence-electron chi connectivity index (χ1n) is 7.40. The van der Waals surface area contributed by atoms with E-state index in [1.165, 1.54) is 0 Å². The molecule has 0 radical (unpaired) electrons. The molecule has 1 rings (SSSR count). The van der Waals surface area contributed by atoms with Gasteiger partial charge in [0.2, 0.25) is 5.91 Å². The molecule has 0 spiro atoms. The van der Waals surface area contributed by atoms with Gasteiger partial charge in [-0.05, 0) is 34.1 Å². The summed E-state index contributed by atoms with van der Waals surface area (Å²) in [4.78, 5) is 18.6. The molecule has 1 amide bonds. The van der Waals surface area contributed by atoms with Crippen molar-refractivity contribution in [3.63, 3.8) is 0 Å². The fourth-order valence-corrected chi connectivity index (χ4v) is 2.10. The van der Waals surface area contributed by atoms with Gasteiger partial charge in [-0.25, -0.2) is 0 Å². The summed E-state index contributed by atoms with van der Waals surface area (Å²) in [6, 6.07) is 0. The predicted molar refractivity (Wildman–Crippen MR) is 96.1 cm³/mol. The first-order chi connectivity index (χ1) is 9.40. The molecule has 3 N–H and O–H groups in total.